The van der Waals surface area contributed by atoms with Crippen molar-refractivity contribution in [3.63, 3.8) is 0 Å². The predicted octanol–water partition coefficient (Wildman–Crippen LogP) is 3.66. The van der Waals surface area contributed by atoms with Crippen molar-refractivity contribution in [1.82, 2.24) is 13.8 Å². The first-order valence-electron chi connectivity index (χ1n) is 12.2. The number of hydrogen-bond donors (Lipinski definition) is 0. The molecule has 1 aliphatic rings. The SMILES string of the molecule is CCN(CC)S(=O)(=O)c1ccc2c(c1)c(=O)c(C(=O)N1CCC(Cc3ccccc3)CC1)cn2C. The minimum atomic E-state index is -3.72. The molecule has 0 aliphatic carbocycles. The maximum atomic E-state index is 13.4. The summed E-state index contributed by atoms with van der Waals surface area (Å²) in [4.78, 5) is 28.6. The van der Waals surface area contributed by atoms with Gasteiger partial charge in [0.25, 0.3) is 5.91 Å². The molecule has 2 aromatic carbocycles. The number of aryl methyl sites for hydroxylation is 1. The highest BCUT2D eigenvalue weighted by Gasteiger charge is 2.27. The fourth-order valence-corrected chi connectivity index (χ4v) is 6.44. The van der Waals surface area contributed by atoms with Crippen LogP contribution in [-0.2, 0) is 23.5 Å². The van der Waals surface area contributed by atoms with Crippen molar-refractivity contribution in [3.05, 3.63) is 76.1 Å². The molecule has 0 unspecified atom stereocenters. The van der Waals surface area contributed by atoms with E-state index >= 15 is 0 Å². The zero-order chi connectivity index (χ0) is 25.2. The zero-order valence-corrected chi connectivity index (χ0v) is 21.4. The number of fused-ring (bicyclic) bond motifs is 1. The van der Waals surface area contributed by atoms with E-state index in [1.54, 1.807) is 42.6 Å². The monoisotopic (exact) mass is 495 g/mol. The van der Waals surface area contributed by atoms with Gasteiger partial charge in [-0.1, -0.05) is 44.2 Å². The number of carbonyl (C=O) groups is 1. The number of sulfonamides is 1. The Morgan fingerprint density at radius 3 is 2.31 bits per heavy atom. The number of aromatic nitrogens is 1. The van der Waals surface area contributed by atoms with Crippen molar-refractivity contribution in [2.75, 3.05) is 26.2 Å². The van der Waals surface area contributed by atoms with Gasteiger partial charge in [0.05, 0.1) is 10.4 Å². The van der Waals surface area contributed by atoms with Crippen LogP contribution in [0, 0.1) is 5.92 Å². The Hall–Kier alpha value is -2.97. The summed E-state index contributed by atoms with van der Waals surface area (Å²) in [5.41, 5.74) is 1.55. The van der Waals surface area contributed by atoms with Crippen LogP contribution < -0.4 is 5.43 Å². The van der Waals surface area contributed by atoms with Crippen molar-refractivity contribution < 1.29 is 13.2 Å². The average Bonchev–Trinajstić information content (AvgIpc) is 2.87. The highest BCUT2D eigenvalue weighted by molar-refractivity contribution is 7.89. The molecule has 1 aromatic heterocycles. The number of hydrogen-bond acceptors (Lipinski definition) is 4. The average molecular weight is 496 g/mol. The van der Waals surface area contributed by atoms with E-state index in [4.69, 9.17) is 0 Å². The molecule has 2 heterocycles. The summed E-state index contributed by atoms with van der Waals surface area (Å²) in [6, 6.07) is 14.9. The van der Waals surface area contributed by atoms with Crippen molar-refractivity contribution >= 4 is 26.8 Å². The van der Waals surface area contributed by atoms with Gasteiger partial charge in [-0.15, -0.1) is 0 Å². The minimum absolute atomic E-state index is 0.0668. The van der Waals surface area contributed by atoms with Gasteiger partial charge in [0, 0.05) is 44.8 Å². The first-order valence-corrected chi connectivity index (χ1v) is 13.7. The smallest absolute Gasteiger partial charge is 0.259 e. The second-order valence-electron chi connectivity index (χ2n) is 9.18. The van der Waals surface area contributed by atoms with Gasteiger partial charge < -0.3 is 9.47 Å². The van der Waals surface area contributed by atoms with Crippen molar-refractivity contribution in [1.29, 1.82) is 0 Å². The quantitative estimate of drug-likeness (QED) is 0.501. The summed E-state index contributed by atoms with van der Waals surface area (Å²) in [6.45, 7) is 5.45. The molecule has 1 saturated heterocycles. The van der Waals surface area contributed by atoms with E-state index in [0.717, 1.165) is 19.3 Å². The minimum Gasteiger partial charge on any atom is -0.350 e. The first-order chi connectivity index (χ1) is 16.8. The van der Waals surface area contributed by atoms with Gasteiger partial charge in [0.15, 0.2) is 0 Å². The molecule has 0 bridgehead atoms. The van der Waals surface area contributed by atoms with Crippen LogP contribution in [0.15, 0.2) is 64.4 Å². The highest BCUT2D eigenvalue weighted by atomic mass is 32.2. The molecule has 0 spiro atoms. The lowest BCUT2D eigenvalue weighted by atomic mass is 9.90. The van der Waals surface area contributed by atoms with E-state index in [9.17, 15) is 18.0 Å². The number of likely N-dealkylation sites (tertiary alicyclic amines) is 1. The van der Waals surface area contributed by atoms with E-state index < -0.39 is 15.5 Å². The summed E-state index contributed by atoms with van der Waals surface area (Å²) in [6.07, 6.45) is 4.34. The summed E-state index contributed by atoms with van der Waals surface area (Å²) < 4.78 is 29.1. The first kappa shape index (κ1) is 25.1. The Labute approximate surface area is 207 Å². The molecular formula is C27H33N3O4S. The van der Waals surface area contributed by atoms with E-state index in [0.29, 0.717) is 37.6 Å². The van der Waals surface area contributed by atoms with Crippen LogP contribution in [-0.4, -0.2) is 54.3 Å². The van der Waals surface area contributed by atoms with Crippen LogP contribution in [0.1, 0.15) is 42.6 Å². The van der Waals surface area contributed by atoms with Crippen LogP contribution >= 0.6 is 0 Å². The topological polar surface area (TPSA) is 79.7 Å². The number of carbonyl (C=O) groups excluding carboxylic acids is 1. The van der Waals surface area contributed by atoms with Crippen molar-refractivity contribution in [2.45, 2.75) is 38.0 Å². The predicted molar refractivity (Wildman–Crippen MR) is 138 cm³/mol. The summed E-state index contributed by atoms with van der Waals surface area (Å²) in [5, 5.41) is 0.241. The Bertz CT molecular complexity index is 1370. The van der Waals surface area contributed by atoms with Gasteiger partial charge in [-0.05, 0) is 48.9 Å². The van der Waals surface area contributed by atoms with Crippen LogP contribution in [0.4, 0.5) is 0 Å². The second kappa shape index (κ2) is 10.3. The molecule has 3 aromatic rings. The molecule has 186 valence electrons. The van der Waals surface area contributed by atoms with Crippen LogP contribution in [0.5, 0.6) is 0 Å². The van der Waals surface area contributed by atoms with Crippen LogP contribution in [0.25, 0.3) is 10.9 Å². The molecule has 35 heavy (non-hydrogen) atoms. The number of piperidine rings is 1. The Morgan fingerprint density at radius 1 is 1.03 bits per heavy atom. The van der Waals surface area contributed by atoms with E-state index in [-0.39, 0.29) is 21.8 Å². The third-order valence-corrected chi connectivity index (χ3v) is 9.05. The third-order valence-electron chi connectivity index (χ3n) is 7.00. The number of amides is 1. The van der Waals surface area contributed by atoms with Gasteiger partial charge in [0.2, 0.25) is 15.5 Å². The molecule has 0 atom stereocenters. The number of benzene rings is 2. The zero-order valence-electron chi connectivity index (χ0n) is 20.6. The largest absolute Gasteiger partial charge is 0.350 e. The Balaban J connectivity index is 1.59. The molecule has 4 rings (SSSR count). The molecule has 0 radical (unpaired) electrons. The van der Waals surface area contributed by atoms with Gasteiger partial charge in [-0.3, -0.25) is 9.59 Å². The summed E-state index contributed by atoms with van der Waals surface area (Å²) in [5.74, 6) is 0.219. The molecule has 1 amide bonds. The number of nitrogens with zero attached hydrogens (tertiary/aromatic N) is 3. The Morgan fingerprint density at radius 2 is 1.69 bits per heavy atom. The maximum absolute atomic E-state index is 13.4. The lowest BCUT2D eigenvalue weighted by Crippen LogP contribution is -2.41. The van der Waals surface area contributed by atoms with Gasteiger partial charge in [-0.2, -0.15) is 4.31 Å². The van der Waals surface area contributed by atoms with Crippen molar-refractivity contribution in [3.8, 4) is 0 Å². The molecule has 7 nitrogen and oxygen atoms in total. The molecule has 0 saturated carbocycles. The van der Waals surface area contributed by atoms with E-state index in [1.165, 1.54) is 22.0 Å². The molecular weight excluding hydrogens is 462 g/mol. The van der Waals surface area contributed by atoms with E-state index in [1.807, 2.05) is 18.2 Å². The standard InChI is InChI=1S/C27H33N3O4S/c1-4-30(5-2)35(33,34)22-11-12-25-23(18-22)26(31)24(19-28(25)3)27(32)29-15-13-21(14-16-29)17-20-9-7-6-8-10-20/h6-12,18-19,21H,4-5,13-17H2,1-3H3. The fourth-order valence-electron chi connectivity index (χ4n) is 4.95. The maximum Gasteiger partial charge on any atom is 0.259 e. The molecule has 1 fully saturated rings. The van der Waals surface area contributed by atoms with Gasteiger partial charge in [-0.25, -0.2) is 8.42 Å². The van der Waals surface area contributed by atoms with Crippen LogP contribution in [0.3, 0.4) is 0 Å². The lowest BCUT2D eigenvalue weighted by Gasteiger charge is -2.32. The molecule has 1 aliphatic heterocycles. The number of pyridine rings is 1. The summed E-state index contributed by atoms with van der Waals surface area (Å²) in [7, 11) is -1.95. The van der Waals surface area contributed by atoms with Crippen LogP contribution in [0.2, 0.25) is 0 Å². The van der Waals surface area contributed by atoms with E-state index in [2.05, 4.69) is 12.1 Å². The van der Waals surface area contributed by atoms with Gasteiger partial charge >= 0.3 is 0 Å². The second-order valence-corrected chi connectivity index (χ2v) is 11.1. The Kier molecular flexibility index (Phi) is 7.42. The summed E-state index contributed by atoms with van der Waals surface area (Å²) >= 11 is 0. The lowest BCUT2D eigenvalue weighted by molar-refractivity contribution is 0.0688. The normalized spacial score (nSPS) is 15.1. The highest BCUT2D eigenvalue weighted by Crippen LogP contribution is 2.24. The molecule has 8 heteroatoms. The molecule has 0 N–H and O–H groups in total. The van der Waals surface area contributed by atoms with Gasteiger partial charge in [0.1, 0.15) is 5.56 Å². The third kappa shape index (κ3) is 5.04. The van der Waals surface area contributed by atoms with Crippen molar-refractivity contribution in [2.24, 2.45) is 13.0 Å². The number of rotatable bonds is 7. The fraction of sp³-hybridized carbons (Fsp3) is 0.407.